The lowest BCUT2D eigenvalue weighted by molar-refractivity contribution is -0.122. The molecule has 2 heterocycles. The van der Waals surface area contributed by atoms with Gasteiger partial charge in [-0.15, -0.1) is 11.3 Å². The van der Waals surface area contributed by atoms with Crippen molar-refractivity contribution >= 4 is 17.8 Å². The van der Waals surface area contributed by atoms with Crippen molar-refractivity contribution in [3.8, 4) is 0 Å². The van der Waals surface area contributed by atoms with Gasteiger partial charge in [-0.1, -0.05) is 21.3 Å². The van der Waals surface area contributed by atoms with Gasteiger partial charge in [0, 0.05) is 17.3 Å². The molecule has 0 aromatic carbocycles. The van der Waals surface area contributed by atoms with Gasteiger partial charge in [0.1, 0.15) is 0 Å². The van der Waals surface area contributed by atoms with Gasteiger partial charge < -0.3 is 10.4 Å². The van der Waals surface area contributed by atoms with Crippen molar-refractivity contribution in [2.75, 3.05) is 6.54 Å². The Balaban J connectivity index is 0.000000742. The SMILES string of the molecule is C.CC(C)CCC1NCC[C@H]1c1cscn1.O=CO. The summed E-state index contributed by atoms with van der Waals surface area (Å²) in [4.78, 5) is 12.8. The minimum atomic E-state index is -0.250. The standard InChI is InChI=1S/C12H20N2S.CH2O2.CH4/c1-9(2)3-4-11-10(5-6-13-11)12-7-15-8-14-12;2-1-3;/h7-11,13H,3-6H2,1-2H3;1H,(H,2,3);1H4/t10-,11?;;/m1../s1. The Bertz CT molecular complexity index is 328. The lowest BCUT2D eigenvalue weighted by Crippen LogP contribution is -2.26. The Morgan fingerprint density at radius 2 is 2.32 bits per heavy atom. The van der Waals surface area contributed by atoms with Crippen LogP contribution < -0.4 is 5.32 Å². The molecule has 0 amide bonds. The van der Waals surface area contributed by atoms with Gasteiger partial charge in [-0.3, -0.25) is 4.79 Å². The third-order valence-electron chi connectivity index (χ3n) is 3.23. The molecule has 0 bridgehead atoms. The molecule has 1 aromatic heterocycles. The van der Waals surface area contributed by atoms with Gasteiger partial charge in [0.25, 0.3) is 6.47 Å². The van der Waals surface area contributed by atoms with Crippen molar-refractivity contribution < 1.29 is 9.90 Å². The van der Waals surface area contributed by atoms with Gasteiger partial charge in [0.05, 0.1) is 11.2 Å². The summed E-state index contributed by atoms with van der Waals surface area (Å²) in [5.74, 6) is 1.47. The van der Waals surface area contributed by atoms with Crippen LogP contribution in [-0.4, -0.2) is 29.1 Å². The van der Waals surface area contributed by atoms with E-state index in [1.54, 1.807) is 11.3 Å². The molecule has 2 rings (SSSR count). The van der Waals surface area contributed by atoms with Crippen LogP contribution in [0, 0.1) is 5.92 Å². The van der Waals surface area contributed by atoms with Crippen LogP contribution in [0.5, 0.6) is 0 Å². The second-order valence-corrected chi connectivity index (χ2v) is 5.66. The smallest absolute Gasteiger partial charge is 0.290 e. The average molecular weight is 286 g/mol. The number of hydrogen-bond acceptors (Lipinski definition) is 4. The fourth-order valence-corrected chi connectivity index (χ4v) is 2.96. The van der Waals surface area contributed by atoms with E-state index in [-0.39, 0.29) is 13.9 Å². The second-order valence-electron chi connectivity index (χ2n) is 4.95. The third-order valence-corrected chi connectivity index (χ3v) is 3.84. The summed E-state index contributed by atoms with van der Waals surface area (Å²) in [6.45, 7) is 5.50. The molecule has 2 N–H and O–H groups in total. The van der Waals surface area contributed by atoms with E-state index < -0.39 is 0 Å². The maximum Gasteiger partial charge on any atom is 0.290 e. The number of nitrogens with zero attached hydrogens (tertiary/aromatic N) is 1. The molecule has 5 heteroatoms. The minimum Gasteiger partial charge on any atom is -0.483 e. The van der Waals surface area contributed by atoms with Crippen LogP contribution in [0.2, 0.25) is 0 Å². The molecular weight excluding hydrogens is 260 g/mol. The summed E-state index contributed by atoms with van der Waals surface area (Å²) >= 11 is 1.71. The molecule has 4 nitrogen and oxygen atoms in total. The topological polar surface area (TPSA) is 62.2 Å². The zero-order valence-electron chi connectivity index (χ0n) is 11.0. The number of aromatic nitrogens is 1. The largest absolute Gasteiger partial charge is 0.483 e. The molecule has 1 fully saturated rings. The van der Waals surface area contributed by atoms with Gasteiger partial charge in [0.2, 0.25) is 0 Å². The van der Waals surface area contributed by atoms with Crippen molar-refractivity contribution in [3.63, 3.8) is 0 Å². The molecule has 1 aromatic rings. The van der Waals surface area contributed by atoms with E-state index in [4.69, 9.17) is 9.90 Å². The molecule has 1 unspecified atom stereocenters. The summed E-state index contributed by atoms with van der Waals surface area (Å²) in [6, 6.07) is 0.662. The Kier molecular flexibility index (Phi) is 9.43. The maximum atomic E-state index is 8.36. The zero-order valence-corrected chi connectivity index (χ0v) is 11.8. The number of hydrogen-bond donors (Lipinski definition) is 2. The molecule has 19 heavy (non-hydrogen) atoms. The van der Waals surface area contributed by atoms with Crippen molar-refractivity contribution in [3.05, 3.63) is 16.6 Å². The molecule has 1 aliphatic rings. The second kappa shape index (κ2) is 9.92. The van der Waals surface area contributed by atoms with Gasteiger partial charge >= 0.3 is 0 Å². The quantitative estimate of drug-likeness (QED) is 0.833. The molecule has 0 radical (unpaired) electrons. The molecule has 110 valence electrons. The van der Waals surface area contributed by atoms with E-state index in [0.29, 0.717) is 12.0 Å². The van der Waals surface area contributed by atoms with Crippen LogP contribution >= 0.6 is 11.3 Å². The monoisotopic (exact) mass is 286 g/mol. The first-order valence-electron chi connectivity index (χ1n) is 6.38. The number of carboxylic acid groups (broad SMARTS) is 1. The average Bonchev–Trinajstić information content (AvgIpc) is 2.98. The summed E-state index contributed by atoms with van der Waals surface area (Å²) in [5, 5.41) is 12.7. The van der Waals surface area contributed by atoms with Crippen molar-refractivity contribution in [1.82, 2.24) is 10.3 Å². The first kappa shape index (κ1) is 18.1. The number of thiazole rings is 1. The summed E-state index contributed by atoms with van der Waals surface area (Å²) in [7, 11) is 0. The van der Waals surface area contributed by atoms with Crippen LogP contribution in [-0.2, 0) is 4.79 Å². The fourth-order valence-electron chi connectivity index (χ4n) is 2.34. The Labute approximate surface area is 120 Å². The molecule has 2 atom stereocenters. The fraction of sp³-hybridized carbons (Fsp3) is 0.714. The van der Waals surface area contributed by atoms with E-state index in [0.717, 1.165) is 12.5 Å². The van der Waals surface area contributed by atoms with E-state index in [1.165, 1.54) is 25.0 Å². The van der Waals surface area contributed by atoms with Crippen molar-refractivity contribution in [2.24, 2.45) is 5.92 Å². The number of carbonyl (C=O) groups is 1. The molecule has 0 aliphatic carbocycles. The zero-order chi connectivity index (χ0) is 13.4. The minimum absolute atomic E-state index is 0. The van der Waals surface area contributed by atoms with Crippen LogP contribution in [0.15, 0.2) is 10.9 Å². The lowest BCUT2D eigenvalue weighted by atomic mass is 9.92. The van der Waals surface area contributed by atoms with Gasteiger partial charge in [-0.25, -0.2) is 4.98 Å². The highest BCUT2D eigenvalue weighted by atomic mass is 32.1. The van der Waals surface area contributed by atoms with Gasteiger partial charge in [0.15, 0.2) is 0 Å². The first-order chi connectivity index (χ1) is 8.69. The van der Waals surface area contributed by atoms with Crippen molar-refractivity contribution in [2.45, 2.75) is 52.5 Å². The highest BCUT2D eigenvalue weighted by molar-refractivity contribution is 7.07. The Hall–Kier alpha value is -0.940. The number of nitrogens with one attached hydrogen (secondary N) is 1. The van der Waals surface area contributed by atoms with E-state index in [9.17, 15) is 0 Å². The Morgan fingerprint density at radius 3 is 2.84 bits per heavy atom. The third kappa shape index (κ3) is 6.16. The van der Waals surface area contributed by atoms with E-state index >= 15 is 0 Å². The summed E-state index contributed by atoms with van der Waals surface area (Å²) in [5.41, 5.74) is 3.26. The summed E-state index contributed by atoms with van der Waals surface area (Å²) in [6.07, 6.45) is 3.87. The lowest BCUT2D eigenvalue weighted by Gasteiger charge is -2.18. The normalized spacial score (nSPS) is 21.4. The summed E-state index contributed by atoms with van der Waals surface area (Å²) < 4.78 is 0. The predicted molar refractivity (Wildman–Crippen MR) is 80.8 cm³/mol. The van der Waals surface area contributed by atoms with Crippen molar-refractivity contribution in [1.29, 1.82) is 0 Å². The van der Waals surface area contributed by atoms with Crippen LogP contribution in [0.3, 0.4) is 0 Å². The van der Waals surface area contributed by atoms with Gasteiger partial charge in [-0.2, -0.15) is 0 Å². The number of rotatable bonds is 4. The highest BCUT2D eigenvalue weighted by Gasteiger charge is 2.28. The van der Waals surface area contributed by atoms with Crippen LogP contribution in [0.1, 0.15) is 52.1 Å². The molecule has 0 spiro atoms. The van der Waals surface area contributed by atoms with Crippen LogP contribution in [0.4, 0.5) is 0 Å². The highest BCUT2D eigenvalue weighted by Crippen LogP contribution is 2.30. The van der Waals surface area contributed by atoms with Crippen LogP contribution in [0.25, 0.3) is 0 Å². The predicted octanol–water partition coefficient (Wildman–Crippen LogP) is 3.36. The Morgan fingerprint density at radius 1 is 1.63 bits per heavy atom. The first-order valence-corrected chi connectivity index (χ1v) is 7.32. The molecule has 0 saturated carbocycles. The van der Waals surface area contributed by atoms with Gasteiger partial charge in [-0.05, 0) is 31.7 Å². The molecule has 1 saturated heterocycles. The van der Waals surface area contributed by atoms with E-state index in [1.807, 2.05) is 5.51 Å². The molecule has 1 aliphatic heterocycles. The molecular formula is C14H26N2O2S. The maximum absolute atomic E-state index is 8.36. The van der Waals surface area contributed by atoms with E-state index in [2.05, 4.69) is 29.5 Å².